The largest absolute Gasteiger partial charge is 0.480 e. The van der Waals surface area contributed by atoms with Crippen molar-refractivity contribution >= 4 is 39.1 Å². The van der Waals surface area contributed by atoms with Crippen molar-refractivity contribution in [2.45, 2.75) is 25.3 Å². The first-order valence-corrected chi connectivity index (χ1v) is 6.92. The van der Waals surface area contributed by atoms with Gasteiger partial charge >= 0.3 is 5.97 Å². The van der Waals surface area contributed by atoms with Crippen LogP contribution in [0.4, 0.5) is 0 Å². The molecule has 0 spiro atoms. The summed E-state index contributed by atoms with van der Waals surface area (Å²) in [6.45, 7) is -0.184. The van der Waals surface area contributed by atoms with Crippen molar-refractivity contribution in [3.05, 3.63) is 20.8 Å². The summed E-state index contributed by atoms with van der Waals surface area (Å²) < 4.78 is 0.983. The Balaban J connectivity index is 1.98. The third-order valence-corrected chi connectivity index (χ3v) is 4.19. The topological polar surface area (TPSA) is 57.6 Å². The van der Waals surface area contributed by atoms with Crippen LogP contribution in [0.5, 0.6) is 0 Å². The Labute approximate surface area is 111 Å². The van der Waals surface area contributed by atoms with Gasteiger partial charge in [-0.2, -0.15) is 0 Å². The molecular weight excluding hydrogens is 306 g/mol. The first-order valence-electron chi connectivity index (χ1n) is 5.31. The second-order valence-corrected chi connectivity index (χ2v) is 6.58. The molecule has 1 saturated carbocycles. The quantitative estimate of drug-likeness (QED) is 0.905. The normalized spacial score (nSPS) is 14.6. The summed E-state index contributed by atoms with van der Waals surface area (Å²) in [5, 5.41) is 8.78. The van der Waals surface area contributed by atoms with Crippen LogP contribution in [0.1, 0.15) is 17.7 Å². The van der Waals surface area contributed by atoms with Crippen molar-refractivity contribution in [2.75, 3.05) is 6.54 Å². The van der Waals surface area contributed by atoms with Gasteiger partial charge in [0.1, 0.15) is 6.54 Å². The summed E-state index contributed by atoms with van der Waals surface area (Å²) >= 11 is 4.85. The minimum absolute atomic E-state index is 0.0933. The lowest BCUT2D eigenvalue weighted by molar-refractivity contribution is -0.144. The summed E-state index contributed by atoms with van der Waals surface area (Å²) in [5.74, 6) is -1.04. The lowest BCUT2D eigenvalue weighted by Crippen LogP contribution is -2.38. The Bertz CT molecular complexity index is 442. The van der Waals surface area contributed by atoms with Crippen molar-refractivity contribution in [1.29, 1.82) is 0 Å². The molecule has 1 heterocycles. The fraction of sp³-hybridized carbons (Fsp3) is 0.455. The number of halogens is 1. The molecule has 1 N–H and O–H groups in total. The molecule has 0 aromatic carbocycles. The van der Waals surface area contributed by atoms with E-state index in [4.69, 9.17) is 5.11 Å². The van der Waals surface area contributed by atoms with Gasteiger partial charge in [-0.3, -0.25) is 9.59 Å². The molecule has 1 aliphatic carbocycles. The van der Waals surface area contributed by atoms with Gasteiger partial charge in [0.15, 0.2) is 0 Å². The maximum absolute atomic E-state index is 12.0. The zero-order valence-corrected chi connectivity index (χ0v) is 11.5. The van der Waals surface area contributed by atoms with E-state index in [0.717, 1.165) is 21.5 Å². The third-order valence-electron chi connectivity index (χ3n) is 2.57. The molecule has 0 saturated heterocycles. The lowest BCUT2D eigenvalue weighted by atomic mass is 10.3. The second kappa shape index (κ2) is 5.18. The molecule has 1 fully saturated rings. The Morgan fingerprint density at radius 3 is 2.65 bits per heavy atom. The minimum atomic E-state index is -0.947. The van der Waals surface area contributed by atoms with Crippen LogP contribution in [0.15, 0.2) is 15.9 Å². The van der Waals surface area contributed by atoms with E-state index in [9.17, 15) is 9.59 Å². The number of carboxylic acid groups (broad SMARTS) is 1. The predicted octanol–water partition coefficient (Wildman–Crippen LogP) is 2.13. The molecule has 1 amide bonds. The zero-order valence-electron chi connectivity index (χ0n) is 9.06. The highest BCUT2D eigenvalue weighted by molar-refractivity contribution is 9.11. The minimum Gasteiger partial charge on any atom is -0.480 e. The number of carbonyl (C=O) groups excluding carboxylic acids is 1. The standard InChI is InChI=1S/C11H12BrNO3S/c12-9-4-3-8(17-9)5-10(14)13(6-11(15)16)7-1-2-7/h3-4,7H,1-2,5-6H2,(H,15,16). The van der Waals surface area contributed by atoms with Crippen LogP contribution < -0.4 is 0 Å². The molecule has 0 unspecified atom stereocenters. The number of rotatable bonds is 5. The summed E-state index contributed by atoms with van der Waals surface area (Å²) in [5.41, 5.74) is 0. The predicted molar refractivity (Wildman–Crippen MR) is 68.1 cm³/mol. The van der Waals surface area contributed by atoms with Gasteiger partial charge in [0, 0.05) is 10.9 Å². The summed E-state index contributed by atoms with van der Waals surface area (Å²) in [7, 11) is 0. The Hall–Kier alpha value is -0.880. The number of carbonyl (C=O) groups is 2. The van der Waals surface area contributed by atoms with E-state index in [1.54, 1.807) is 0 Å². The lowest BCUT2D eigenvalue weighted by Gasteiger charge is -2.19. The van der Waals surface area contributed by atoms with Crippen molar-refractivity contribution in [1.82, 2.24) is 4.90 Å². The third kappa shape index (κ3) is 3.54. The SMILES string of the molecule is O=C(O)CN(C(=O)Cc1ccc(Br)s1)C1CC1. The molecule has 1 aliphatic rings. The van der Waals surface area contributed by atoms with Crippen LogP contribution in [0.3, 0.4) is 0 Å². The van der Waals surface area contributed by atoms with Gasteiger partial charge in [-0.1, -0.05) is 0 Å². The van der Waals surface area contributed by atoms with Crippen LogP contribution in [0.2, 0.25) is 0 Å². The summed E-state index contributed by atoms with van der Waals surface area (Å²) in [6.07, 6.45) is 2.14. The van der Waals surface area contributed by atoms with E-state index in [1.165, 1.54) is 16.2 Å². The molecule has 6 heteroatoms. The molecule has 4 nitrogen and oxygen atoms in total. The average Bonchev–Trinajstić information content (AvgIpc) is 3.00. The first kappa shape index (κ1) is 12.6. The molecule has 92 valence electrons. The van der Waals surface area contributed by atoms with Crippen LogP contribution in [-0.2, 0) is 16.0 Å². The molecule has 1 aromatic rings. The number of aliphatic carboxylic acids is 1. The number of nitrogens with zero attached hydrogens (tertiary/aromatic N) is 1. The second-order valence-electron chi connectivity index (χ2n) is 4.03. The monoisotopic (exact) mass is 317 g/mol. The van der Waals surface area contributed by atoms with Crippen molar-refractivity contribution in [2.24, 2.45) is 0 Å². The first-order chi connectivity index (χ1) is 8.06. The van der Waals surface area contributed by atoms with Gasteiger partial charge in [0.25, 0.3) is 0 Å². The van der Waals surface area contributed by atoms with E-state index in [0.29, 0.717) is 6.42 Å². The zero-order chi connectivity index (χ0) is 12.4. The number of hydrogen-bond donors (Lipinski definition) is 1. The van der Waals surface area contributed by atoms with Gasteiger partial charge in [0.2, 0.25) is 5.91 Å². The van der Waals surface area contributed by atoms with Crippen LogP contribution in [-0.4, -0.2) is 34.5 Å². The van der Waals surface area contributed by atoms with E-state index in [1.807, 2.05) is 12.1 Å². The smallest absolute Gasteiger partial charge is 0.323 e. The Morgan fingerprint density at radius 1 is 1.47 bits per heavy atom. The number of amides is 1. The van der Waals surface area contributed by atoms with Crippen molar-refractivity contribution in [3.63, 3.8) is 0 Å². The summed E-state index contributed by atoms with van der Waals surface area (Å²) in [4.78, 5) is 25.1. The fourth-order valence-corrected chi connectivity index (χ4v) is 3.12. The molecule has 2 rings (SSSR count). The van der Waals surface area contributed by atoms with Crippen LogP contribution >= 0.6 is 27.3 Å². The van der Waals surface area contributed by atoms with Crippen molar-refractivity contribution < 1.29 is 14.7 Å². The maximum atomic E-state index is 12.0. The molecule has 0 atom stereocenters. The number of hydrogen-bond acceptors (Lipinski definition) is 3. The van der Waals surface area contributed by atoms with Gasteiger partial charge in [0.05, 0.1) is 10.2 Å². The number of carboxylic acids is 1. The maximum Gasteiger partial charge on any atom is 0.323 e. The van der Waals surface area contributed by atoms with E-state index < -0.39 is 5.97 Å². The van der Waals surface area contributed by atoms with Crippen LogP contribution in [0, 0.1) is 0 Å². The van der Waals surface area contributed by atoms with Crippen molar-refractivity contribution in [3.8, 4) is 0 Å². The van der Waals surface area contributed by atoms with E-state index in [2.05, 4.69) is 15.9 Å². The highest BCUT2D eigenvalue weighted by atomic mass is 79.9. The molecular formula is C11H12BrNO3S. The Kier molecular flexibility index (Phi) is 3.83. The Morgan fingerprint density at radius 2 is 2.18 bits per heavy atom. The van der Waals surface area contributed by atoms with Gasteiger partial charge < -0.3 is 10.0 Å². The highest BCUT2D eigenvalue weighted by Crippen LogP contribution is 2.28. The fourth-order valence-electron chi connectivity index (χ4n) is 1.65. The van der Waals surface area contributed by atoms with Crippen LogP contribution in [0.25, 0.3) is 0 Å². The molecule has 1 aromatic heterocycles. The summed E-state index contributed by atoms with van der Waals surface area (Å²) in [6, 6.07) is 3.92. The number of thiophene rings is 1. The molecule has 0 radical (unpaired) electrons. The van der Waals surface area contributed by atoms with E-state index >= 15 is 0 Å². The van der Waals surface area contributed by atoms with E-state index in [-0.39, 0.29) is 18.5 Å². The highest BCUT2D eigenvalue weighted by Gasteiger charge is 2.33. The molecule has 0 aliphatic heterocycles. The average molecular weight is 318 g/mol. The van der Waals surface area contributed by atoms with Gasteiger partial charge in [-0.15, -0.1) is 11.3 Å². The molecule has 17 heavy (non-hydrogen) atoms. The van der Waals surface area contributed by atoms with Gasteiger partial charge in [-0.05, 0) is 40.9 Å². The van der Waals surface area contributed by atoms with Gasteiger partial charge in [-0.25, -0.2) is 0 Å². The molecule has 0 bridgehead atoms.